The molecule has 1 aliphatic rings. The van der Waals surface area contributed by atoms with Crippen molar-refractivity contribution in [3.8, 4) is 17.1 Å². The molecule has 1 atom stereocenters. The molecule has 0 aliphatic carbocycles. The van der Waals surface area contributed by atoms with E-state index in [1.807, 2.05) is 26.2 Å². The number of H-pyrrole nitrogens is 1. The molecular formula is C26H34N10O2. The number of fused-ring (bicyclic) bond motifs is 1. The lowest BCUT2D eigenvalue weighted by Gasteiger charge is -2.36. The van der Waals surface area contributed by atoms with Gasteiger partial charge in [0.15, 0.2) is 0 Å². The highest BCUT2D eigenvalue weighted by atomic mass is 16.5. The number of hydrogen-bond acceptors (Lipinski definition) is 9. The number of ether oxygens (including phenoxy) is 1. The maximum atomic E-state index is 13.3. The molecule has 0 radical (unpaired) electrons. The second kappa shape index (κ2) is 10.8. The fourth-order valence-corrected chi connectivity index (χ4v) is 4.87. The molecule has 5 heterocycles. The fourth-order valence-electron chi connectivity index (χ4n) is 4.87. The highest BCUT2D eigenvalue weighted by Gasteiger charge is 2.27. The zero-order valence-corrected chi connectivity index (χ0v) is 22.4. The van der Waals surface area contributed by atoms with Crippen LogP contribution in [0.2, 0.25) is 0 Å². The first kappa shape index (κ1) is 25.6. The van der Waals surface area contributed by atoms with Gasteiger partial charge < -0.3 is 25.3 Å². The normalized spacial score (nSPS) is 15.5. The van der Waals surface area contributed by atoms with Crippen LogP contribution in [0.5, 0.6) is 5.88 Å². The summed E-state index contributed by atoms with van der Waals surface area (Å²) in [6, 6.07) is 1.65. The first-order valence-corrected chi connectivity index (χ1v) is 12.8. The van der Waals surface area contributed by atoms with Crippen LogP contribution >= 0.6 is 0 Å². The van der Waals surface area contributed by atoms with Crippen LogP contribution in [0.3, 0.4) is 0 Å². The molecule has 0 bridgehead atoms. The van der Waals surface area contributed by atoms with Crippen LogP contribution < -0.4 is 15.4 Å². The SMILES string of the molecule is CC[C@@H](C(=O)Nc1ccnc2c(-c3nc(Nc4cn(C)nc4OC)ncc3C)c[nH]c12)N1CCN(C)CC1. The summed E-state index contributed by atoms with van der Waals surface area (Å²) in [5.41, 5.74) is 5.29. The van der Waals surface area contributed by atoms with Gasteiger partial charge in [0.25, 0.3) is 5.88 Å². The van der Waals surface area contributed by atoms with Gasteiger partial charge in [0, 0.05) is 57.4 Å². The zero-order valence-electron chi connectivity index (χ0n) is 22.4. The number of methoxy groups -OCH3 is 1. The number of pyridine rings is 1. The molecule has 0 spiro atoms. The van der Waals surface area contributed by atoms with E-state index in [1.165, 1.54) is 0 Å². The van der Waals surface area contributed by atoms with Gasteiger partial charge >= 0.3 is 0 Å². The first-order chi connectivity index (χ1) is 18.4. The number of likely N-dealkylation sites (N-methyl/N-ethyl adjacent to an activating group) is 1. The van der Waals surface area contributed by atoms with Gasteiger partial charge in [-0.1, -0.05) is 6.92 Å². The van der Waals surface area contributed by atoms with Crippen molar-refractivity contribution in [3.63, 3.8) is 0 Å². The van der Waals surface area contributed by atoms with Gasteiger partial charge in [0.1, 0.15) is 5.69 Å². The highest BCUT2D eigenvalue weighted by molar-refractivity contribution is 6.05. The maximum Gasteiger partial charge on any atom is 0.256 e. The van der Waals surface area contributed by atoms with Crippen LogP contribution in [0.15, 0.2) is 30.9 Å². The zero-order chi connectivity index (χ0) is 26.8. The molecular weight excluding hydrogens is 484 g/mol. The summed E-state index contributed by atoms with van der Waals surface area (Å²) in [7, 11) is 5.50. The van der Waals surface area contributed by atoms with Crippen molar-refractivity contribution in [1.29, 1.82) is 0 Å². The summed E-state index contributed by atoms with van der Waals surface area (Å²) in [5, 5.41) is 10.6. The average molecular weight is 519 g/mol. The quantitative estimate of drug-likeness (QED) is 0.322. The highest BCUT2D eigenvalue weighted by Crippen LogP contribution is 2.33. The molecule has 12 heteroatoms. The molecule has 0 aromatic carbocycles. The van der Waals surface area contributed by atoms with Crippen molar-refractivity contribution in [2.24, 2.45) is 7.05 Å². The van der Waals surface area contributed by atoms with Crippen LogP contribution in [0.4, 0.5) is 17.3 Å². The van der Waals surface area contributed by atoms with Crippen molar-refractivity contribution in [2.75, 3.05) is 51.0 Å². The number of aromatic amines is 1. The van der Waals surface area contributed by atoms with E-state index in [4.69, 9.17) is 9.72 Å². The summed E-state index contributed by atoms with van der Waals surface area (Å²) >= 11 is 0. The Bertz CT molecular complexity index is 1440. The van der Waals surface area contributed by atoms with Crippen LogP contribution in [0.1, 0.15) is 18.9 Å². The molecule has 5 rings (SSSR count). The lowest BCUT2D eigenvalue weighted by molar-refractivity contribution is -0.122. The minimum atomic E-state index is -0.177. The molecule has 0 unspecified atom stereocenters. The van der Waals surface area contributed by atoms with Gasteiger partial charge in [-0.25, -0.2) is 9.97 Å². The van der Waals surface area contributed by atoms with E-state index in [-0.39, 0.29) is 11.9 Å². The van der Waals surface area contributed by atoms with Crippen molar-refractivity contribution in [3.05, 3.63) is 36.4 Å². The predicted octanol–water partition coefficient (Wildman–Crippen LogP) is 2.78. The number of rotatable bonds is 8. The average Bonchev–Trinajstić information content (AvgIpc) is 3.50. The summed E-state index contributed by atoms with van der Waals surface area (Å²) in [6.07, 6.45) is 7.89. The Morgan fingerprint density at radius 1 is 1.18 bits per heavy atom. The summed E-state index contributed by atoms with van der Waals surface area (Å²) < 4.78 is 6.99. The van der Waals surface area contributed by atoms with Crippen LogP contribution in [0, 0.1) is 6.92 Å². The first-order valence-electron chi connectivity index (χ1n) is 12.8. The van der Waals surface area contributed by atoms with Crippen LogP contribution in [-0.2, 0) is 11.8 Å². The van der Waals surface area contributed by atoms with Crippen LogP contribution in [-0.4, -0.2) is 91.8 Å². The van der Waals surface area contributed by atoms with Gasteiger partial charge in [-0.05, 0) is 32.0 Å². The maximum absolute atomic E-state index is 13.3. The number of aryl methyl sites for hydroxylation is 2. The molecule has 1 fully saturated rings. The molecule has 3 N–H and O–H groups in total. The molecule has 1 saturated heterocycles. The number of piperazine rings is 1. The predicted molar refractivity (Wildman–Crippen MR) is 147 cm³/mol. The molecule has 12 nitrogen and oxygen atoms in total. The fraction of sp³-hybridized carbons (Fsp3) is 0.423. The molecule has 38 heavy (non-hydrogen) atoms. The van der Waals surface area contributed by atoms with E-state index in [1.54, 1.807) is 30.4 Å². The minimum absolute atomic E-state index is 0.00387. The van der Waals surface area contributed by atoms with Gasteiger partial charge in [-0.15, -0.1) is 5.10 Å². The third kappa shape index (κ3) is 5.04. The third-order valence-electron chi connectivity index (χ3n) is 6.95. The number of carbonyl (C=O) groups is 1. The topological polar surface area (TPSA) is 129 Å². The van der Waals surface area contributed by atoms with E-state index < -0.39 is 0 Å². The number of nitrogens with zero attached hydrogens (tertiary/aromatic N) is 7. The smallest absolute Gasteiger partial charge is 0.256 e. The van der Waals surface area contributed by atoms with Gasteiger partial charge in [0.05, 0.1) is 41.8 Å². The number of nitrogens with one attached hydrogen (secondary N) is 3. The number of anilines is 3. The van der Waals surface area contributed by atoms with Crippen molar-refractivity contribution >= 4 is 34.3 Å². The number of aromatic nitrogens is 6. The molecule has 4 aromatic rings. The molecule has 1 aliphatic heterocycles. The second-order valence-electron chi connectivity index (χ2n) is 9.61. The number of amides is 1. The molecule has 0 saturated carbocycles. The Labute approximate surface area is 221 Å². The summed E-state index contributed by atoms with van der Waals surface area (Å²) in [4.78, 5) is 35.0. The Balaban J connectivity index is 1.41. The number of hydrogen-bond donors (Lipinski definition) is 3. The Hall–Kier alpha value is -4.03. The lowest BCUT2D eigenvalue weighted by atomic mass is 10.1. The van der Waals surface area contributed by atoms with Crippen molar-refractivity contribution in [2.45, 2.75) is 26.3 Å². The standard InChI is InChI=1S/C26H34N10O2/c1-6-20(36-11-9-34(3)10-12-36)24(37)30-18-7-8-27-22-17(14-28-23(18)22)21-16(2)13-29-26(32-21)31-19-15-35(4)33-25(19)38-5/h7-8,13-15,20,28H,6,9-12H2,1-5H3,(H,27,30,37)(H,29,31,32)/t20-/m0/s1. The van der Waals surface area contributed by atoms with E-state index >= 15 is 0 Å². The van der Waals surface area contributed by atoms with Crippen LogP contribution in [0.25, 0.3) is 22.3 Å². The second-order valence-corrected chi connectivity index (χ2v) is 9.61. The van der Waals surface area contributed by atoms with E-state index in [0.29, 0.717) is 23.2 Å². The van der Waals surface area contributed by atoms with Crippen molar-refractivity contribution in [1.82, 2.24) is 39.5 Å². The Kier molecular flexibility index (Phi) is 7.25. The van der Waals surface area contributed by atoms with Gasteiger partial charge in [-0.2, -0.15) is 0 Å². The van der Waals surface area contributed by atoms with E-state index in [2.05, 4.69) is 54.5 Å². The van der Waals surface area contributed by atoms with Gasteiger partial charge in [0.2, 0.25) is 11.9 Å². The third-order valence-corrected chi connectivity index (χ3v) is 6.95. The van der Waals surface area contributed by atoms with Crippen molar-refractivity contribution < 1.29 is 9.53 Å². The monoisotopic (exact) mass is 518 g/mol. The Morgan fingerprint density at radius 3 is 2.71 bits per heavy atom. The van der Waals surface area contributed by atoms with E-state index in [0.717, 1.165) is 60.5 Å². The molecule has 200 valence electrons. The minimum Gasteiger partial charge on any atom is -0.478 e. The molecule has 1 amide bonds. The van der Waals surface area contributed by atoms with E-state index in [9.17, 15) is 4.79 Å². The summed E-state index contributed by atoms with van der Waals surface area (Å²) in [6.45, 7) is 7.71. The van der Waals surface area contributed by atoms with Gasteiger partial charge in [-0.3, -0.25) is 19.4 Å². The lowest BCUT2D eigenvalue weighted by Crippen LogP contribution is -2.52. The Morgan fingerprint density at radius 2 is 1.97 bits per heavy atom. The molecule has 4 aromatic heterocycles. The largest absolute Gasteiger partial charge is 0.478 e. The number of carbonyl (C=O) groups excluding carboxylic acids is 1. The summed E-state index contributed by atoms with van der Waals surface area (Å²) in [5.74, 6) is 0.860.